The minimum Gasteiger partial charge on any atom is -0.467 e. The molecule has 2 unspecified atom stereocenters. The molecule has 2 aliphatic rings. The highest BCUT2D eigenvalue weighted by Crippen LogP contribution is 2.45. The van der Waals surface area contributed by atoms with Crippen molar-refractivity contribution in [2.75, 3.05) is 7.11 Å². The summed E-state index contributed by atoms with van der Waals surface area (Å²) >= 11 is 0. The van der Waals surface area contributed by atoms with Crippen LogP contribution in [0, 0.1) is 5.92 Å². The third-order valence-electron chi connectivity index (χ3n) is 5.29. The van der Waals surface area contributed by atoms with E-state index in [-0.39, 0.29) is 12.5 Å². The second-order valence-electron chi connectivity index (χ2n) is 7.39. The first kappa shape index (κ1) is 19.4. The maximum atomic E-state index is 12.7. The van der Waals surface area contributed by atoms with Gasteiger partial charge in [0, 0.05) is 6.42 Å². The van der Waals surface area contributed by atoms with Gasteiger partial charge >= 0.3 is 12.1 Å². The summed E-state index contributed by atoms with van der Waals surface area (Å²) in [6.07, 6.45) is 5.14. The van der Waals surface area contributed by atoms with E-state index < -0.39 is 23.7 Å². The van der Waals surface area contributed by atoms with Gasteiger partial charge in [-0.15, -0.1) is 0 Å². The quantitative estimate of drug-likeness (QED) is 0.567. The summed E-state index contributed by atoms with van der Waals surface area (Å²) in [5.41, 5.74) is 0.723. The zero-order valence-corrected chi connectivity index (χ0v) is 15.6. The van der Waals surface area contributed by atoms with E-state index in [2.05, 4.69) is 5.32 Å². The average molecular weight is 373 g/mol. The number of aliphatic hydroxyl groups excluding tert-OH is 1. The van der Waals surface area contributed by atoms with Gasteiger partial charge in [0.2, 0.25) is 0 Å². The Bertz CT molecular complexity index is 698. The fraction of sp³-hybridized carbons (Fsp3) is 0.524. The first-order valence-electron chi connectivity index (χ1n) is 9.48. The van der Waals surface area contributed by atoms with Crippen molar-refractivity contribution in [3.8, 4) is 0 Å². The van der Waals surface area contributed by atoms with Gasteiger partial charge in [-0.05, 0) is 43.6 Å². The highest BCUT2D eigenvalue weighted by molar-refractivity contribution is 5.87. The predicted octanol–water partition coefficient (Wildman–Crippen LogP) is 3.10. The molecule has 1 aromatic carbocycles. The van der Waals surface area contributed by atoms with Crippen LogP contribution in [0.15, 0.2) is 42.0 Å². The zero-order valence-electron chi connectivity index (χ0n) is 15.6. The van der Waals surface area contributed by atoms with Crippen molar-refractivity contribution in [3.05, 3.63) is 47.5 Å². The van der Waals surface area contributed by atoms with Crippen molar-refractivity contribution in [3.63, 3.8) is 0 Å². The lowest BCUT2D eigenvalue weighted by Crippen LogP contribution is -2.57. The number of benzene rings is 1. The average Bonchev–Trinajstić information content (AvgIpc) is 3.51. The number of aliphatic hydroxyl groups is 1. The Morgan fingerprint density at radius 3 is 2.59 bits per heavy atom. The topological polar surface area (TPSA) is 84.9 Å². The third kappa shape index (κ3) is 4.89. The lowest BCUT2D eigenvalue weighted by atomic mass is 9.82. The maximum absolute atomic E-state index is 12.7. The van der Waals surface area contributed by atoms with Gasteiger partial charge in [-0.1, -0.05) is 42.0 Å². The second kappa shape index (κ2) is 8.57. The van der Waals surface area contributed by atoms with Crippen molar-refractivity contribution in [2.24, 2.45) is 5.92 Å². The van der Waals surface area contributed by atoms with Crippen LogP contribution < -0.4 is 5.32 Å². The van der Waals surface area contributed by atoms with E-state index >= 15 is 0 Å². The summed E-state index contributed by atoms with van der Waals surface area (Å²) in [5, 5.41) is 12.7. The molecule has 3 rings (SSSR count). The number of rotatable bonds is 7. The van der Waals surface area contributed by atoms with Crippen LogP contribution in [-0.4, -0.2) is 35.9 Å². The van der Waals surface area contributed by atoms with Gasteiger partial charge in [-0.2, -0.15) is 0 Å². The minimum absolute atomic E-state index is 0.0224. The first-order chi connectivity index (χ1) is 13.0. The van der Waals surface area contributed by atoms with Crippen molar-refractivity contribution in [1.29, 1.82) is 0 Å². The van der Waals surface area contributed by atoms with Crippen LogP contribution in [0.5, 0.6) is 0 Å². The number of hydrogen-bond donors (Lipinski definition) is 2. The Morgan fingerprint density at radius 2 is 1.96 bits per heavy atom. The van der Waals surface area contributed by atoms with Crippen molar-refractivity contribution < 1.29 is 24.2 Å². The maximum Gasteiger partial charge on any atom is 0.408 e. The van der Waals surface area contributed by atoms with Crippen LogP contribution in [0.3, 0.4) is 0 Å². The molecule has 0 aromatic heterocycles. The van der Waals surface area contributed by atoms with E-state index in [4.69, 9.17) is 9.47 Å². The summed E-state index contributed by atoms with van der Waals surface area (Å²) in [6, 6.07) is 9.39. The van der Waals surface area contributed by atoms with Gasteiger partial charge in [0.05, 0.1) is 13.2 Å². The molecule has 0 heterocycles. The lowest BCUT2D eigenvalue weighted by Gasteiger charge is -2.33. The number of esters is 1. The van der Waals surface area contributed by atoms with Gasteiger partial charge < -0.3 is 19.9 Å². The van der Waals surface area contributed by atoms with Gasteiger partial charge in [0.25, 0.3) is 0 Å². The van der Waals surface area contributed by atoms with Crippen LogP contribution in [0.4, 0.5) is 4.79 Å². The molecule has 2 aliphatic carbocycles. The molecule has 1 fully saturated rings. The number of ether oxygens (including phenoxy) is 2. The van der Waals surface area contributed by atoms with Gasteiger partial charge in [-0.25, -0.2) is 9.59 Å². The van der Waals surface area contributed by atoms with Gasteiger partial charge in [0.1, 0.15) is 12.1 Å². The fourth-order valence-electron chi connectivity index (χ4n) is 3.76. The standard InChI is InChI=1S/C21H27NO5/c1-26-19(24)21(17-10-11-17,13-16-8-5-9-18(23)12-16)22-20(25)27-14-15-6-3-2-4-7-15/h2-4,6-7,12,17-18,23H,5,8-11,13-14H2,1H3,(H,22,25). The molecule has 0 saturated heterocycles. The fourth-order valence-corrected chi connectivity index (χ4v) is 3.76. The number of hydrogen-bond acceptors (Lipinski definition) is 5. The minimum atomic E-state index is -1.13. The molecule has 1 aromatic rings. The molecule has 0 spiro atoms. The zero-order chi connectivity index (χ0) is 19.3. The van der Waals surface area contributed by atoms with Crippen molar-refractivity contribution in [2.45, 2.75) is 56.8 Å². The van der Waals surface area contributed by atoms with Gasteiger partial charge in [-0.3, -0.25) is 0 Å². The number of alkyl carbamates (subject to hydrolysis) is 1. The van der Waals surface area contributed by atoms with E-state index in [0.717, 1.165) is 43.2 Å². The Morgan fingerprint density at radius 1 is 1.22 bits per heavy atom. The van der Waals surface area contributed by atoms with E-state index in [1.165, 1.54) is 7.11 Å². The summed E-state index contributed by atoms with van der Waals surface area (Å²) in [6.45, 7) is 0.135. The van der Waals surface area contributed by atoms with E-state index in [1.807, 2.05) is 30.3 Å². The van der Waals surface area contributed by atoms with Crippen LogP contribution in [-0.2, 0) is 20.9 Å². The summed E-state index contributed by atoms with van der Waals surface area (Å²) in [5.74, 6) is -0.434. The van der Waals surface area contributed by atoms with Crippen LogP contribution in [0.1, 0.15) is 44.1 Å². The molecular formula is C21H27NO5. The number of carbonyl (C=O) groups is 2. The van der Waals surface area contributed by atoms with Crippen LogP contribution >= 0.6 is 0 Å². The number of methoxy groups -OCH3 is 1. The summed E-state index contributed by atoms with van der Waals surface area (Å²) < 4.78 is 10.4. The summed E-state index contributed by atoms with van der Waals surface area (Å²) in [4.78, 5) is 25.2. The third-order valence-corrected chi connectivity index (χ3v) is 5.29. The normalized spacial score (nSPS) is 21.6. The van der Waals surface area contributed by atoms with Crippen LogP contribution in [0.2, 0.25) is 0 Å². The van der Waals surface area contributed by atoms with Crippen molar-refractivity contribution >= 4 is 12.1 Å². The van der Waals surface area contributed by atoms with Crippen molar-refractivity contribution in [1.82, 2.24) is 5.32 Å². The molecule has 6 nitrogen and oxygen atoms in total. The molecule has 2 N–H and O–H groups in total. The highest BCUT2D eigenvalue weighted by atomic mass is 16.6. The first-order valence-corrected chi connectivity index (χ1v) is 9.48. The Kier molecular flexibility index (Phi) is 6.16. The molecular weight excluding hydrogens is 346 g/mol. The molecule has 0 aliphatic heterocycles. The highest BCUT2D eigenvalue weighted by Gasteiger charge is 2.53. The molecule has 0 bridgehead atoms. The summed E-state index contributed by atoms with van der Waals surface area (Å²) in [7, 11) is 1.33. The predicted molar refractivity (Wildman–Crippen MR) is 99.8 cm³/mol. The monoisotopic (exact) mass is 373 g/mol. The second-order valence-corrected chi connectivity index (χ2v) is 7.39. The molecule has 2 atom stereocenters. The lowest BCUT2D eigenvalue weighted by molar-refractivity contribution is -0.149. The van der Waals surface area contributed by atoms with E-state index in [9.17, 15) is 14.7 Å². The van der Waals surface area contributed by atoms with E-state index in [0.29, 0.717) is 6.42 Å². The number of nitrogens with one attached hydrogen (secondary N) is 1. The van der Waals surface area contributed by atoms with E-state index in [1.54, 1.807) is 6.08 Å². The molecule has 1 saturated carbocycles. The van der Waals surface area contributed by atoms with Gasteiger partial charge in [0.15, 0.2) is 0 Å². The van der Waals surface area contributed by atoms with Crippen LogP contribution in [0.25, 0.3) is 0 Å². The molecule has 27 heavy (non-hydrogen) atoms. The Balaban J connectivity index is 1.73. The SMILES string of the molecule is COC(=O)C(CC1=CC(O)CCC1)(NC(=O)OCc1ccccc1)C1CC1. The number of amides is 1. The smallest absolute Gasteiger partial charge is 0.408 e. The molecule has 1 amide bonds. The molecule has 146 valence electrons. The molecule has 6 heteroatoms. The Labute approximate surface area is 159 Å². The Hall–Kier alpha value is -2.34. The number of carbonyl (C=O) groups excluding carboxylic acids is 2. The largest absolute Gasteiger partial charge is 0.467 e. The molecule has 0 radical (unpaired) electrons.